The third-order valence-electron chi connectivity index (χ3n) is 6.56. The molecule has 8 heteroatoms. The lowest BCUT2D eigenvalue weighted by Gasteiger charge is -2.41. The summed E-state index contributed by atoms with van der Waals surface area (Å²) in [4.78, 5) is 2.71. The summed E-state index contributed by atoms with van der Waals surface area (Å²) in [6.45, 7) is 2.01. The molecule has 0 amide bonds. The minimum Gasteiger partial charge on any atom is -0.493 e. The van der Waals surface area contributed by atoms with Crippen molar-refractivity contribution >= 4 is 11.1 Å². The molecule has 0 saturated heterocycles. The average Bonchev–Trinajstić information content (AvgIpc) is 3.32. The lowest BCUT2D eigenvalue weighted by atomic mass is 9.83. The lowest BCUT2D eigenvalue weighted by molar-refractivity contribution is 0.154. The van der Waals surface area contributed by atoms with Gasteiger partial charge in [0.2, 0.25) is 17.9 Å². The van der Waals surface area contributed by atoms with Gasteiger partial charge in [0.15, 0.2) is 23.0 Å². The van der Waals surface area contributed by atoms with Crippen molar-refractivity contribution in [1.29, 1.82) is 0 Å². The van der Waals surface area contributed by atoms with Crippen molar-refractivity contribution in [3.63, 3.8) is 0 Å². The van der Waals surface area contributed by atoms with Crippen LogP contribution < -0.4 is 18.4 Å². The maximum atomic E-state index is 13.6. The van der Waals surface area contributed by atoms with Crippen molar-refractivity contribution in [3.8, 4) is 23.0 Å². The maximum Gasteiger partial charge on any atom is 0.240 e. The molecule has 3 aromatic rings. The van der Waals surface area contributed by atoms with Gasteiger partial charge in [-0.2, -0.15) is 0 Å². The van der Waals surface area contributed by atoms with Crippen LogP contribution in [0.25, 0.3) is 0 Å². The number of halogens is 1. The molecule has 0 bridgehead atoms. The van der Waals surface area contributed by atoms with Crippen molar-refractivity contribution in [2.24, 2.45) is 0 Å². The molecule has 170 valence electrons. The highest BCUT2D eigenvalue weighted by Crippen LogP contribution is 2.47. The van der Waals surface area contributed by atoms with Gasteiger partial charge < -0.3 is 18.4 Å². The average molecular weight is 468 g/mol. The van der Waals surface area contributed by atoms with E-state index in [9.17, 15) is 8.60 Å². The van der Waals surface area contributed by atoms with Crippen molar-refractivity contribution in [3.05, 3.63) is 76.6 Å². The van der Waals surface area contributed by atoms with Crippen LogP contribution in [-0.2, 0) is 30.5 Å². The van der Waals surface area contributed by atoms with Gasteiger partial charge in [-0.05, 0) is 65.9 Å². The fraction of sp³-hybridized carbons (Fsp3) is 0.280. The van der Waals surface area contributed by atoms with Crippen LogP contribution in [0.5, 0.6) is 23.0 Å². The highest BCUT2D eigenvalue weighted by atomic mass is 32.2. The molecule has 0 N–H and O–H groups in total. The minimum atomic E-state index is -1.87. The van der Waals surface area contributed by atoms with Gasteiger partial charge in [0.1, 0.15) is 5.82 Å². The van der Waals surface area contributed by atoms with E-state index in [2.05, 4.69) is 11.0 Å². The van der Waals surface area contributed by atoms with E-state index >= 15 is 0 Å². The van der Waals surface area contributed by atoms with E-state index in [0.717, 1.165) is 43.0 Å². The Balaban J connectivity index is 1.36. The second-order valence-electron chi connectivity index (χ2n) is 8.35. The van der Waals surface area contributed by atoms with Crippen molar-refractivity contribution in [2.45, 2.75) is 30.3 Å². The largest absolute Gasteiger partial charge is 0.493 e. The van der Waals surface area contributed by atoms with Gasteiger partial charge in [-0.15, -0.1) is 0 Å². The molecule has 0 aromatic heterocycles. The Morgan fingerprint density at radius 1 is 1.09 bits per heavy atom. The van der Waals surface area contributed by atoms with Crippen LogP contribution in [-0.4, -0.2) is 29.6 Å². The standard InChI is InChI=1S/C25H22FNO5S/c1-29-23-9-15-7-8-27-13-16-5-6-22-25(31-14-30-22)20(16)11-21(27)19(15)12-24(23)32-33(28)18-4-2-3-17(26)10-18/h2-6,9-10,12,21H,7-8,11,13-14H2,1H3. The minimum absolute atomic E-state index is 0.132. The van der Waals surface area contributed by atoms with Gasteiger partial charge in [0.25, 0.3) is 0 Å². The summed E-state index contributed by atoms with van der Waals surface area (Å²) in [7, 11) is 1.56. The molecule has 0 saturated carbocycles. The van der Waals surface area contributed by atoms with E-state index in [1.54, 1.807) is 13.2 Å². The molecular weight excluding hydrogens is 445 g/mol. The van der Waals surface area contributed by atoms with Crippen LogP contribution in [0.1, 0.15) is 28.3 Å². The first-order valence-corrected chi connectivity index (χ1v) is 11.9. The Kier molecular flexibility index (Phi) is 4.99. The Labute approximate surface area is 193 Å². The summed E-state index contributed by atoms with van der Waals surface area (Å²) in [6.07, 6.45) is 1.67. The summed E-state index contributed by atoms with van der Waals surface area (Å²) in [5.74, 6) is 2.07. The predicted molar refractivity (Wildman–Crippen MR) is 120 cm³/mol. The number of nitrogens with zero attached hydrogens (tertiary/aromatic N) is 1. The Morgan fingerprint density at radius 2 is 2.00 bits per heavy atom. The normalized spacial score (nSPS) is 19.3. The fourth-order valence-corrected chi connectivity index (χ4v) is 5.76. The molecule has 6 rings (SSSR count). The third-order valence-corrected chi connectivity index (χ3v) is 7.53. The molecule has 3 aliphatic rings. The number of hydrogen-bond donors (Lipinski definition) is 0. The van der Waals surface area contributed by atoms with Crippen LogP contribution in [0.2, 0.25) is 0 Å². The quantitative estimate of drug-likeness (QED) is 0.570. The van der Waals surface area contributed by atoms with E-state index < -0.39 is 16.9 Å². The zero-order valence-electron chi connectivity index (χ0n) is 18.0. The number of methoxy groups -OCH3 is 1. The van der Waals surface area contributed by atoms with Crippen LogP contribution in [0.4, 0.5) is 4.39 Å². The molecule has 2 unspecified atom stereocenters. The first-order valence-electron chi connectivity index (χ1n) is 10.8. The van der Waals surface area contributed by atoms with Crippen LogP contribution in [0.3, 0.4) is 0 Å². The van der Waals surface area contributed by atoms with Crippen LogP contribution >= 0.6 is 0 Å². The van der Waals surface area contributed by atoms with Gasteiger partial charge in [0, 0.05) is 24.7 Å². The second kappa shape index (κ2) is 8.04. The first kappa shape index (κ1) is 20.5. The number of hydrogen-bond acceptors (Lipinski definition) is 6. The number of ether oxygens (including phenoxy) is 3. The summed E-state index contributed by atoms with van der Waals surface area (Å²) in [5, 5.41) is 0. The monoisotopic (exact) mass is 467 g/mol. The molecule has 6 nitrogen and oxygen atoms in total. The third kappa shape index (κ3) is 3.54. The van der Waals surface area contributed by atoms with Crippen LogP contribution in [0, 0.1) is 5.82 Å². The van der Waals surface area contributed by atoms with Gasteiger partial charge >= 0.3 is 0 Å². The molecule has 0 aliphatic carbocycles. The first-order chi connectivity index (χ1) is 16.1. The van der Waals surface area contributed by atoms with Crippen molar-refractivity contribution in [2.75, 3.05) is 20.4 Å². The van der Waals surface area contributed by atoms with E-state index in [4.69, 9.17) is 18.4 Å². The molecule has 0 fully saturated rings. The topological polar surface area (TPSA) is 57.2 Å². The maximum absolute atomic E-state index is 13.6. The molecule has 33 heavy (non-hydrogen) atoms. The molecule has 3 aromatic carbocycles. The summed E-state index contributed by atoms with van der Waals surface area (Å²) >= 11 is -1.87. The Bertz CT molecular complexity index is 1280. The van der Waals surface area contributed by atoms with Crippen LogP contribution in [0.15, 0.2) is 53.4 Å². The number of fused-ring (bicyclic) bond motifs is 6. The SMILES string of the molecule is COc1cc2c(cc1OS(=O)c1cccc(F)c1)C1Cc3c(ccc4c3OCO4)CN1CC2. The highest BCUT2D eigenvalue weighted by molar-refractivity contribution is 7.80. The van der Waals surface area contributed by atoms with E-state index in [1.165, 1.54) is 34.9 Å². The smallest absolute Gasteiger partial charge is 0.240 e. The Morgan fingerprint density at radius 3 is 2.85 bits per heavy atom. The van der Waals surface area contributed by atoms with Gasteiger partial charge in [-0.3, -0.25) is 4.90 Å². The van der Waals surface area contributed by atoms with Gasteiger partial charge in [-0.25, -0.2) is 8.60 Å². The Hall–Kier alpha value is -3.10. The molecule has 0 spiro atoms. The molecule has 3 aliphatic heterocycles. The van der Waals surface area contributed by atoms with Crippen molar-refractivity contribution < 1.29 is 27.0 Å². The van der Waals surface area contributed by atoms with Crippen molar-refractivity contribution in [1.82, 2.24) is 4.90 Å². The second-order valence-corrected chi connectivity index (χ2v) is 9.46. The molecular formula is C25H22FNO5S. The summed E-state index contributed by atoms with van der Waals surface area (Å²) < 4.78 is 49.1. The number of rotatable bonds is 4. The molecule has 0 radical (unpaired) electrons. The van der Waals surface area contributed by atoms with Gasteiger partial charge in [0.05, 0.1) is 12.0 Å². The fourth-order valence-electron chi connectivity index (χ4n) is 4.97. The van der Waals surface area contributed by atoms with E-state index in [0.29, 0.717) is 11.5 Å². The van der Waals surface area contributed by atoms with E-state index in [-0.39, 0.29) is 17.7 Å². The zero-order valence-corrected chi connectivity index (χ0v) is 18.8. The van der Waals surface area contributed by atoms with Gasteiger partial charge in [-0.1, -0.05) is 12.1 Å². The molecule has 2 atom stereocenters. The van der Waals surface area contributed by atoms with E-state index in [1.807, 2.05) is 18.2 Å². The highest BCUT2D eigenvalue weighted by Gasteiger charge is 2.36. The lowest BCUT2D eigenvalue weighted by Crippen LogP contribution is -2.39. The molecule has 3 heterocycles. The predicted octanol–water partition coefficient (Wildman–Crippen LogP) is 4.32. The summed E-state index contributed by atoms with van der Waals surface area (Å²) in [6, 6.07) is 13.7. The zero-order chi connectivity index (χ0) is 22.5. The summed E-state index contributed by atoms with van der Waals surface area (Å²) in [5.41, 5.74) is 4.75. The number of benzene rings is 3.